The number of thiazole rings is 1. The Balaban J connectivity index is 1.68. The molecule has 8 heteroatoms. The summed E-state index contributed by atoms with van der Waals surface area (Å²) < 4.78 is 5.82. The van der Waals surface area contributed by atoms with Gasteiger partial charge in [-0.3, -0.25) is 14.8 Å². The third kappa shape index (κ3) is 3.23. The third-order valence-corrected chi connectivity index (χ3v) is 5.39. The number of hydrogen-bond donors (Lipinski definition) is 2. The molecule has 0 unspecified atom stereocenters. The molecule has 1 aliphatic rings. The number of hydrogen-bond acceptors (Lipinski definition) is 5. The summed E-state index contributed by atoms with van der Waals surface area (Å²) in [5, 5.41) is 10.9. The number of nitrogens with one attached hydrogen (secondary N) is 1. The van der Waals surface area contributed by atoms with Gasteiger partial charge in [0.05, 0.1) is 16.9 Å². The van der Waals surface area contributed by atoms with E-state index in [-0.39, 0.29) is 10.8 Å². The van der Waals surface area contributed by atoms with Crippen LogP contribution in [0.3, 0.4) is 0 Å². The number of allylic oxidation sites excluding steroid dienone is 1. The molecule has 1 aliphatic carbocycles. The minimum Gasteiger partial charge on any atom is -0.493 e. The largest absolute Gasteiger partial charge is 0.493 e. The number of aromatic amines is 1. The maximum absolute atomic E-state index is 11.5. The number of pyridine rings is 1. The van der Waals surface area contributed by atoms with Crippen molar-refractivity contribution in [3.63, 3.8) is 0 Å². The smallest absolute Gasteiger partial charge is 0.307 e. The molecular formula is C18H12Cl2N2O3S. The van der Waals surface area contributed by atoms with Gasteiger partial charge in [0.25, 0.3) is 0 Å². The van der Waals surface area contributed by atoms with Crippen LogP contribution in [-0.2, 0) is 6.42 Å². The van der Waals surface area contributed by atoms with Crippen LogP contribution >= 0.6 is 34.5 Å². The molecule has 2 N–H and O–H groups in total. The fraction of sp³-hybridized carbons (Fsp3) is 0.111. The summed E-state index contributed by atoms with van der Waals surface area (Å²) in [6.45, 7) is 0. The van der Waals surface area contributed by atoms with Crippen molar-refractivity contribution in [2.75, 3.05) is 0 Å². The maximum Gasteiger partial charge on any atom is 0.307 e. The number of fused-ring (bicyclic) bond motifs is 1. The quantitative estimate of drug-likeness (QED) is 0.640. The van der Waals surface area contributed by atoms with E-state index in [4.69, 9.17) is 27.9 Å². The molecule has 0 spiro atoms. The Hall–Kier alpha value is -2.28. The normalized spacial score (nSPS) is 13.2. The summed E-state index contributed by atoms with van der Waals surface area (Å²) in [7, 11) is 0. The van der Waals surface area contributed by atoms with Crippen molar-refractivity contribution in [1.82, 2.24) is 9.97 Å². The van der Waals surface area contributed by atoms with Crippen molar-refractivity contribution >= 4 is 40.1 Å². The number of aromatic hydroxyl groups is 1. The summed E-state index contributed by atoms with van der Waals surface area (Å²) >= 11 is 13.0. The molecular weight excluding hydrogens is 395 g/mol. The van der Waals surface area contributed by atoms with Gasteiger partial charge >= 0.3 is 4.87 Å². The second-order valence-electron chi connectivity index (χ2n) is 5.70. The number of H-pyrrole nitrogens is 1. The van der Waals surface area contributed by atoms with Gasteiger partial charge in [-0.2, -0.15) is 0 Å². The van der Waals surface area contributed by atoms with E-state index in [0.717, 1.165) is 41.0 Å². The van der Waals surface area contributed by atoms with Crippen LogP contribution in [-0.4, -0.2) is 15.1 Å². The summed E-state index contributed by atoms with van der Waals surface area (Å²) in [6.07, 6.45) is 5.14. The van der Waals surface area contributed by atoms with Crippen LogP contribution in [0.2, 0.25) is 10.0 Å². The fourth-order valence-corrected chi connectivity index (χ4v) is 4.05. The zero-order valence-corrected chi connectivity index (χ0v) is 15.6. The van der Waals surface area contributed by atoms with Gasteiger partial charge in [0.15, 0.2) is 0 Å². The summed E-state index contributed by atoms with van der Waals surface area (Å²) in [6, 6.07) is 6.91. The molecule has 0 aliphatic heterocycles. The van der Waals surface area contributed by atoms with E-state index in [0.29, 0.717) is 26.4 Å². The van der Waals surface area contributed by atoms with E-state index in [1.165, 1.54) is 0 Å². The number of rotatable bonds is 3. The first kappa shape index (κ1) is 17.1. The van der Waals surface area contributed by atoms with Crippen molar-refractivity contribution in [3.05, 3.63) is 72.4 Å². The van der Waals surface area contributed by atoms with Crippen LogP contribution in [0.25, 0.3) is 5.57 Å². The molecule has 0 fully saturated rings. The van der Waals surface area contributed by atoms with Crippen molar-refractivity contribution in [3.8, 4) is 17.4 Å². The molecule has 26 heavy (non-hydrogen) atoms. The van der Waals surface area contributed by atoms with Crippen molar-refractivity contribution in [1.29, 1.82) is 0 Å². The lowest BCUT2D eigenvalue weighted by Crippen LogP contribution is -2.03. The number of aromatic nitrogens is 2. The number of nitrogens with zero attached hydrogens (tertiary/aromatic N) is 1. The summed E-state index contributed by atoms with van der Waals surface area (Å²) in [4.78, 5) is 18.6. The topological polar surface area (TPSA) is 75.2 Å². The van der Waals surface area contributed by atoms with Crippen LogP contribution in [0, 0.1) is 0 Å². The van der Waals surface area contributed by atoms with Gasteiger partial charge in [0, 0.05) is 10.6 Å². The highest BCUT2D eigenvalue weighted by molar-refractivity contribution is 7.10. The second-order valence-corrected chi connectivity index (χ2v) is 7.53. The fourth-order valence-electron chi connectivity index (χ4n) is 2.83. The predicted octanol–water partition coefficient (Wildman–Crippen LogP) is 5.01. The molecule has 0 atom stereocenters. The maximum atomic E-state index is 11.5. The number of aryl methyl sites for hydroxylation is 1. The highest BCUT2D eigenvalue weighted by Gasteiger charge is 2.21. The third-order valence-electron chi connectivity index (χ3n) is 3.96. The van der Waals surface area contributed by atoms with E-state index >= 15 is 0 Å². The molecule has 1 aromatic carbocycles. The first-order valence-corrected chi connectivity index (χ1v) is 9.33. The lowest BCUT2D eigenvalue weighted by molar-refractivity contribution is 0.454. The average molecular weight is 407 g/mol. The first-order valence-electron chi connectivity index (χ1n) is 7.76. The lowest BCUT2D eigenvalue weighted by Gasteiger charge is -2.17. The molecule has 132 valence electrons. The lowest BCUT2D eigenvalue weighted by atomic mass is 9.94. The Bertz CT molecular complexity index is 1090. The molecule has 0 amide bonds. The van der Waals surface area contributed by atoms with Crippen LogP contribution in [0.15, 0.2) is 41.3 Å². The minimum absolute atomic E-state index is 0.130. The first-order chi connectivity index (χ1) is 12.5. The Morgan fingerprint density at radius 3 is 2.85 bits per heavy atom. The molecule has 5 nitrogen and oxygen atoms in total. The Morgan fingerprint density at radius 2 is 2.12 bits per heavy atom. The molecule has 0 saturated carbocycles. The van der Waals surface area contributed by atoms with Crippen LogP contribution < -0.4 is 9.61 Å². The molecule has 4 rings (SSSR count). The molecule has 2 heterocycles. The van der Waals surface area contributed by atoms with Crippen molar-refractivity contribution in [2.45, 2.75) is 12.8 Å². The van der Waals surface area contributed by atoms with E-state index < -0.39 is 0 Å². The standard InChI is InChI=1S/C18H12Cl2N2O3S/c19-10-4-5-14(13(20)7-10)25-11-6-9-2-1-3-12(15(9)21-8-11)16-17(23)22-18(24)26-16/h3-8,23H,1-2H2,(H,22,24). The second kappa shape index (κ2) is 6.79. The molecule has 3 aromatic rings. The number of benzene rings is 1. The van der Waals surface area contributed by atoms with E-state index in [1.54, 1.807) is 24.4 Å². The minimum atomic E-state index is -0.303. The number of ether oxygens (including phenoxy) is 1. The van der Waals surface area contributed by atoms with E-state index in [2.05, 4.69) is 9.97 Å². The number of halogens is 2. The van der Waals surface area contributed by atoms with Gasteiger partial charge in [-0.25, -0.2) is 0 Å². The van der Waals surface area contributed by atoms with Gasteiger partial charge in [-0.15, -0.1) is 0 Å². The Kier molecular flexibility index (Phi) is 4.48. The highest BCUT2D eigenvalue weighted by Crippen LogP contribution is 2.38. The van der Waals surface area contributed by atoms with Crippen LogP contribution in [0.4, 0.5) is 0 Å². The molecule has 2 aromatic heterocycles. The SMILES string of the molecule is O=c1[nH]c(O)c(C2=CCCc3cc(Oc4ccc(Cl)cc4Cl)cnc32)s1. The Morgan fingerprint density at radius 1 is 1.27 bits per heavy atom. The highest BCUT2D eigenvalue weighted by atomic mass is 35.5. The summed E-state index contributed by atoms with van der Waals surface area (Å²) in [5.41, 5.74) is 2.46. The van der Waals surface area contributed by atoms with E-state index in [9.17, 15) is 9.90 Å². The van der Waals surface area contributed by atoms with Gasteiger partial charge < -0.3 is 9.84 Å². The van der Waals surface area contributed by atoms with Crippen LogP contribution in [0.1, 0.15) is 22.6 Å². The molecule has 0 saturated heterocycles. The zero-order chi connectivity index (χ0) is 18.3. The van der Waals surface area contributed by atoms with Crippen LogP contribution in [0.5, 0.6) is 17.4 Å². The van der Waals surface area contributed by atoms with Gasteiger partial charge in [-0.1, -0.05) is 40.6 Å². The van der Waals surface area contributed by atoms with Gasteiger partial charge in [0.1, 0.15) is 16.4 Å². The zero-order valence-electron chi connectivity index (χ0n) is 13.3. The Labute approximate surface area is 162 Å². The van der Waals surface area contributed by atoms with E-state index in [1.807, 2.05) is 12.1 Å². The molecule has 0 radical (unpaired) electrons. The monoisotopic (exact) mass is 406 g/mol. The van der Waals surface area contributed by atoms with Gasteiger partial charge in [-0.05, 0) is 42.7 Å². The van der Waals surface area contributed by atoms with Gasteiger partial charge in [0.2, 0.25) is 5.88 Å². The predicted molar refractivity (Wildman–Crippen MR) is 103 cm³/mol. The van der Waals surface area contributed by atoms with Crippen molar-refractivity contribution in [2.24, 2.45) is 0 Å². The molecule has 0 bridgehead atoms. The average Bonchev–Trinajstić information content (AvgIpc) is 2.95. The van der Waals surface area contributed by atoms with Crippen molar-refractivity contribution < 1.29 is 9.84 Å². The summed E-state index contributed by atoms with van der Waals surface area (Å²) in [5.74, 6) is 0.917.